The lowest BCUT2D eigenvalue weighted by Crippen LogP contribution is -2.40. The number of sulfonamides is 1. The summed E-state index contributed by atoms with van der Waals surface area (Å²) in [5.41, 5.74) is 1.59. The average molecular weight is 347 g/mol. The van der Waals surface area contributed by atoms with Gasteiger partial charge >= 0.3 is 0 Å². The van der Waals surface area contributed by atoms with Crippen LogP contribution < -0.4 is 0 Å². The molecule has 0 aliphatic heterocycles. The summed E-state index contributed by atoms with van der Waals surface area (Å²) in [6.07, 6.45) is 2.69. The summed E-state index contributed by atoms with van der Waals surface area (Å²) in [5.74, 6) is -0.264. The number of benzene rings is 1. The Morgan fingerprint density at radius 2 is 1.71 bits per heavy atom. The van der Waals surface area contributed by atoms with Crippen LogP contribution in [0.3, 0.4) is 0 Å². The van der Waals surface area contributed by atoms with Gasteiger partial charge in [0.05, 0.1) is 25.0 Å². The third-order valence-electron chi connectivity index (χ3n) is 3.53. The molecule has 0 unspecified atom stereocenters. The topological polar surface area (TPSA) is 70.6 Å². The molecule has 0 spiro atoms. The largest absolute Gasteiger partial charge is 0.340 e. The van der Waals surface area contributed by atoms with Crippen molar-refractivity contribution in [2.45, 2.75) is 13.1 Å². The van der Waals surface area contributed by atoms with Gasteiger partial charge < -0.3 is 4.90 Å². The maximum atomic E-state index is 12.4. The minimum absolute atomic E-state index is 0.0740. The summed E-state index contributed by atoms with van der Waals surface area (Å²) in [6.45, 7) is 0.296. The molecule has 0 fully saturated rings. The van der Waals surface area contributed by atoms with Gasteiger partial charge in [-0.25, -0.2) is 8.42 Å². The van der Waals surface area contributed by atoms with Crippen molar-refractivity contribution >= 4 is 15.9 Å². The molecule has 0 aliphatic carbocycles. The molecule has 7 heteroatoms. The molecule has 128 valence electrons. The molecular formula is C17H21N3O3S. The van der Waals surface area contributed by atoms with Gasteiger partial charge in [-0.1, -0.05) is 36.4 Å². The molecule has 24 heavy (non-hydrogen) atoms. The lowest BCUT2D eigenvalue weighted by atomic mass is 10.2. The number of likely N-dealkylation sites (N-methyl/N-ethyl adjacent to an activating group) is 1. The van der Waals surface area contributed by atoms with Crippen LogP contribution in [-0.2, 0) is 27.9 Å². The molecule has 0 saturated heterocycles. The fraction of sp³-hybridized carbons (Fsp3) is 0.294. The lowest BCUT2D eigenvalue weighted by Gasteiger charge is -2.23. The zero-order valence-electron chi connectivity index (χ0n) is 13.8. The van der Waals surface area contributed by atoms with E-state index in [1.165, 1.54) is 4.90 Å². The van der Waals surface area contributed by atoms with Crippen LogP contribution in [0.4, 0.5) is 0 Å². The highest BCUT2D eigenvalue weighted by atomic mass is 32.2. The Morgan fingerprint density at radius 3 is 2.29 bits per heavy atom. The summed E-state index contributed by atoms with van der Waals surface area (Å²) in [5, 5.41) is 0. The van der Waals surface area contributed by atoms with E-state index < -0.39 is 10.0 Å². The molecule has 0 atom stereocenters. The van der Waals surface area contributed by atoms with Crippen molar-refractivity contribution in [3.63, 3.8) is 0 Å². The standard InChI is InChI=1S/C17H21N3O3S/c1-19(12-15-8-4-3-5-9-15)17(21)14-20(24(2,22)23)13-16-10-6-7-11-18-16/h3-11H,12-14H2,1-2H3. The van der Waals surface area contributed by atoms with Gasteiger partial charge in [0.15, 0.2) is 0 Å². The van der Waals surface area contributed by atoms with Crippen molar-refractivity contribution in [3.8, 4) is 0 Å². The molecule has 2 rings (SSSR count). The van der Waals surface area contributed by atoms with Crippen molar-refractivity contribution in [2.75, 3.05) is 19.8 Å². The van der Waals surface area contributed by atoms with E-state index >= 15 is 0 Å². The zero-order chi connectivity index (χ0) is 17.6. The van der Waals surface area contributed by atoms with Gasteiger partial charge in [-0.2, -0.15) is 4.31 Å². The minimum atomic E-state index is -3.52. The quantitative estimate of drug-likeness (QED) is 0.761. The number of aromatic nitrogens is 1. The van der Waals surface area contributed by atoms with Crippen LogP contribution in [0.5, 0.6) is 0 Å². The molecule has 1 amide bonds. The molecule has 6 nitrogen and oxygen atoms in total. The average Bonchev–Trinajstić information content (AvgIpc) is 2.55. The van der Waals surface area contributed by atoms with Crippen molar-refractivity contribution in [2.24, 2.45) is 0 Å². The second-order valence-corrected chi connectivity index (χ2v) is 7.57. The first-order chi connectivity index (χ1) is 11.4. The number of rotatable bonds is 7. The van der Waals surface area contributed by atoms with Gasteiger partial charge in [-0.15, -0.1) is 0 Å². The van der Waals surface area contributed by atoms with Gasteiger partial charge in [0.1, 0.15) is 0 Å². The van der Waals surface area contributed by atoms with Gasteiger partial charge in [-0.05, 0) is 17.7 Å². The minimum Gasteiger partial charge on any atom is -0.340 e. The van der Waals surface area contributed by atoms with Crippen LogP contribution in [0.1, 0.15) is 11.3 Å². The van der Waals surface area contributed by atoms with E-state index in [0.717, 1.165) is 16.1 Å². The second-order valence-electron chi connectivity index (χ2n) is 5.59. The van der Waals surface area contributed by atoms with Crippen LogP contribution in [0.25, 0.3) is 0 Å². The molecule has 1 heterocycles. The molecule has 0 bridgehead atoms. The van der Waals surface area contributed by atoms with Crippen molar-refractivity contribution in [1.82, 2.24) is 14.2 Å². The first-order valence-corrected chi connectivity index (χ1v) is 9.34. The van der Waals surface area contributed by atoms with Crippen molar-refractivity contribution in [3.05, 3.63) is 66.0 Å². The molecule has 1 aromatic carbocycles. The van der Waals surface area contributed by atoms with E-state index in [1.54, 1.807) is 31.4 Å². The lowest BCUT2D eigenvalue weighted by molar-refractivity contribution is -0.130. The summed E-state index contributed by atoms with van der Waals surface area (Å²) in [4.78, 5) is 18.0. The predicted octanol–water partition coefficient (Wildman–Crippen LogP) is 1.50. The van der Waals surface area contributed by atoms with E-state index in [1.807, 2.05) is 30.3 Å². The van der Waals surface area contributed by atoms with Crippen LogP contribution in [0.2, 0.25) is 0 Å². The number of nitrogens with zero attached hydrogens (tertiary/aromatic N) is 3. The molecule has 0 N–H and O–H groups in total. The van der Waals surface area contributed by atoms with Gasteiger partial charge in [0, 0.05) is 19.8 Å². The van der Waals surface area contributed by atoms with Crippen LogP contribution in [0, 0.1) is 0 Å². The molecule has 0 radical (unpaired) electrons. The SMILES string of the molecule is CN(Cc1ccccc1)C(=O)CN(Cc1ccccn1)S(C)(=O)=O. The third-order valence-corrected chi connectivity index (χ3v) is 4.73. The van der Waals surface area contributed by atoms with Gasteiger partial charge in [0.25, 0.3) is 0 Å². The van der Waals surface area contributed by atoms with E-state index in [2.05, 4.69) is 4.98 Å². The number of carbonyl (C=O) groups excluding carboxylic acids is 1. The van der Waals surface area contributed by atoms with Crippen molar-refractivity contribution < 1.29 is 13.2 Å². The first kappa shape index (κ1) is 18.1. The monoisotopic (exact) mass is 347 g/mol. The predicted molar refractivity (Wildman–Crippen MR) is 92.4 cm³/mol. The van der Waals surface area contributed by atoms with Crippen LogP contribution >= 0.6 is 0 Å². The van der Waals surface area contributed by atoms with Gasteiger partial charge in [-0.3, -0.25) is 9.78 Å². The molecular weight excluding hydrogens is 326 g/mol. The fourth-order valence-electron chi connectivity index (χ4n) is 2.18. The smallest absolute Gasteiger partial charge is 0.237 e. The van der Waals surface area contributed by atoms with Crippen LogP contribution in [0.15, 0.2) is 54.7 Å². The maximum absolute atomic E-state index is 12.4. The number of hydrogen-bond acceptors (Lipinski definition) is 4. The molecule has 1 aromatic heterocycles. The zero-order valence-corrected chi connectivity index (χ0v) is 14.6. The third kappa shape index (κ3) is 5.43. The Kier molecular flexibility index (Phi) is 6.05. The molecule has 2 aromatic rings. The first-order valence-electron chi connectivity index (χ1n) is 7.49. The van der Waals surface area contributed by atoms with Gasteiger partial charge in [0.2, 0.25) is 15.9 Å². The number of carbonyl (C=O) groups is 1. The summed E-state index contributed by atoms with van der Waals surface area (Å²) in [7, 11) is -1.86. The second kappa shape index (κ2) is 8.03. The van der Waals surface area contributed by atoms with E-state index in [-0.39, 0.29) is 19.0 Å². The number of amides is 1. The Hall–Kier alpha value is -2.25. The highest BCUT2D eigenvalue weighted by Crippen LogP contribution is 2.08. The summed E-state index contributed by atoms with van der Waals surface area (Å²) in [6, 6.07) is 14.8. The maximum Gasteiger partial charge on any atom is 0.237 e. The number of pyridine rings is 1. The normalized spacial score (nSPS) is 11.5. The highest BCUT2D eigenvalue weighted by Gasteiger charge is 2.22. The Bertz CT molecular complexity index is 764. The highest BCUT2D eigenvalue weighted by molar-refractivity contribution is 7.88. The summed E-state index contributed by atoms with van der Waals surface area (Å²) >= 11 is 0. The Labute approximate surface area is 142 Å². The van der Waals surface area contributed by atoms with Crippen molar-refractivity contribution in [1.29, 1.82) is 0 Å². The summed E-state index contributed by atoms with van der Waals surface area (Å²) < 4.78 is 25.1. The molecule has 0 saturated carbocycles. The molecule has 0 aliphatic rings. The van der Waals surface area contributed by atoms with E-state index in [9.17, 15) is 13.2 Å². The van der Waals surface area contributed by atoms with E-state index in [4.69, 9.17) is 0 Å². The van der Waals surface area contributed by atoms with Crippen LogP contribution in [-0.4, -0.2) is 48.4 Å². The number of hydrogen-bond donors (Lipinski definition) is 0. The van der Waals surface area contributed by atoms with E-state index in [0.29, 0.717) is 12.2 Å². The Morgan fingerprint density at radius 1 is 1.04 bits per heavy atom. The fourth-order valence-corrected chi connectivity index (χ4v) is 2.89. The Balaban J connectivity index is 2.04.